The molecule has 1 N–H and O–H groups in total. The summed E-state index contributed by atoms with van der Waals surface area (Å²) in [6.45, 7) is 8.05. The third kappa shape index (κ3) is 4.52. The smallest absolute Gasteiger partial charge is 0.231 e. The first kappa shape index (κ1) is 20.2. The first-order valence-electron chi connectivity index (χ1n) is 8.84. The van der Waals surface area contributed by atoms with Gasteiger partial charge < -0.3 is 5.32 Å². The average molecular weight is 374 g/mol. The van der Waals surface area contributed by atoms with Gasteiger partial charge in [-0.15, -0.1) is 0 Å². The minimum absolute atomic E-state index is 0.240. The van der Waals surface area contributed by atoms with Crippen molar-refractivity contribution in [3.8, 4) is 0 Å². The van der Waals surface area contributed by atoms with Gasteiger partial charge in [-0.1, -0.05) is 54.4 Å². The highest BCUT2D eigenvalue weighted by atomic mass is 32.2. The summed E-state index contributed by atoms with van der Waals surface area (Å²) in [5.74, 6) is -0.541. The van der Waals surface area contributed by atoms with Crippen LogP contribution in [-0.4, -0.2) is 26.6 Å². The Morgan fingerprint density at radius 3 is 1.96 bits per heavy atom. The molecule has 0 radical (unpaired) electrons. The molecule has 26 heavy (non-hydrogen) atoms. The first-order valence-corrected chi connectivity index (χ1v) is 10.5. The predicted molar refractivity (Wildman–Crippen MR) is 105 cm³/mol. The predicted octanol–water partition coefficient (Wildman–Crippen LogP) is 3.56. The zero-order chi connectivity index (χ0) is 19.4. The van der Waals surface area contributed by atoms with Crippen LogP contribution in [0.3, 0.4) is 0 Å². The SMILES string of the molecule is CCCNC(=O)C(C)(CS(=O)(=O)c1ccc(C)cc1)c1ccc(C)cc1. The second-order valence-electron chi connectivity index (χ2n) is 7.03. The van der Waals surface area contributed by atoms with Crippen LogP contribution in [0.15, 0.2) is 53.4 Å². The van der Waals surface area contributed by atoms with E-state index in [1.807, 2.05) is 45.0 Å². The van der Waals surface area contributed by atoms with E-state index in [2.05, 4.69) is 5.32 Å². The van der Waals surface area contributed by atoms with E-state index in [-0.39, 0.29) is 16.6 Å². The molecular weight excluding hydrogens is 346 g/mol. The molecular formula is C21H27NO3S. The fourth-order valence-corrected chi connectivity index (χ4v) is 4.62. The molecule has 1 atom stereocenters. The fraction of sp³-hybridized carbons (Fsp3) is 0.381. The molecule has 0 aromatic heterocycles. The Morgan fingerprint density at radius 2 is 1.46 bits per heavy atom. The van der Waals surface area contributed by atoms with Crippen molar-refractivity contribution in [3.05, 3.63) is 65.2 Å². The molecule has 140 valence electrons. The molecule has 1 unspecified atom stereocenters. The van der Waals surface area contributed by atoms with Gasteiger partial charge in [-0.05, 0) is 44.9 Å². The molecule has 0 heterocycles. The number of amides is 1. The highest BCUT2D eigenvalue weighted by Crippen LogP contribution is 2.29. The van der Waals surface area contributed by atoms with Crippen molar-refractivity contribution in [3.63, 3.8) is 0 Å². The summed E-state index contributed by atoms with van der Waals surface area (Å²) in [6, 6.07) is 14.2. The minimum Gasteiger partial charge on any atom is -0.355 e. The minimum atomic E-state index is -3.62. The lowest BCUT2D eigenvalue weighted by Gasteiger charge is -2.29. The Hall–Kier alpha value is -2.14. The van der Waals surface area contributed by atoms with Crippen LogP contribution in [0.5, 0.6) is 0 Å². The lowest BCUT2D eigenvalue weighted by Crippen LogP contribution is -2.47. The molecule has 0 aliphatic carbocycles. The van der Waals surface area contributed by atoms with Crippen LogP contribution in [0.2, 0.25) is 0 Å². The molecule has 0 aliphatic heterocycles. The van der Waals surface area contributed by atoms with Gasteiger partial charge >= 0.3 is 0 Å². The number of carbonyl (C=O) groups excluding carboxylic acids is 1. The van der Waals surface area contributed by atoms with Crippen molar-refractivity contribution in [2.45, 2.75) is 44.4 Å². The number of aryl methyl sites for hydroxylation is 2. The topological polar surface area (TPSA) is 63.2 Å². The van der Waals surface area contributed by atoms with E-state index in [1.165, 1.54) is 0 Å². The molecule has 2 aromatic carbocycles. The Balaban J connectivity index is 2.44. The maximum atomic E-state index is 13.0. The van der Waals surface area contributed by atoms with Crippen molar-refractivity contribution in [1.29, 1.82) is 0 Å². The summed E-state index contributed by atoms with van der Waals surface area (Å²) >= 11 is 0. The van der Waals surface area contributed by atoms with Crippen LogP contribution in [-0.2, 0) is 20.0 Å². The van der Waals surface area contributed by atoms with Gasteiger partial charge in [0.05, 0.1) is 16.1 Å². The monoisotopic (exact) mass is 373 g/mol. The lowest BCUT2D eigenvalue weighted by atomic mass is 9.83. The van der Waals surface area contributed by atoms with Crippen molar-refractivity contribution < 1.29 is 13.2 Å². The van der Waals surface area contributed by atoms with Crippen molar-refractivity contribution in [2.24, 2.45) is 0 Å². The van der Waals surface area contributed by atoms with E-state index >= 15 is 0 Å². The number of carbonyl (C=O) groups is 1. The largest absolute Gasteiger partial charge is 0.355 e. The summed E-state index contributed by atoms with van der Waals surface area (Å²) in [6.07, 6.45) is 0.792. The number of sulfone groups is 1. The zero-order valence-corrected chi connectivity index (χ0v) is 16.7. The molecule has 1 amide bonds. The molecule has 0 saturated carbocycles. The molecule has 0 spiro atoms. The standard InChI is InChI=1S/C21H27NO3S/c1-5-14-22-20(23)21(4,18-10-6-16(2)7-11-18)15-26(24,25)19-12-8-17(3)9-13-19/h6-13H,5,14-15H2,1-4H3,(H,22,23). The van der Waals surface area contributed by atoms with Gasteiger partial charge in [0.25, 0.3) is 0 Å². The second-order valence-corrected chi connectivity index (χ2v) is 9.02. The summed E-state index contributed by atoms with van der Waals surface area (Å²) in [5, 5.41) is 2.87. The Labute approximate surface area is 156 Å². The molecule has 2 rings (SSSR count). The number of hydrogen-bond acceptors (Lipinski definition) is 3. The van der Waals surface area contributed by atoms with Gasteiger partial charge in [0.1, 0.15) is 0 Å². The second kappa shape index (κ2) is 8.04. The molecule has 5 heteroatoms. The highest BCUT2D eigenvalue weighted by Gasteiger charge is 2.40. The van der Waals surface area contributed by atoms with Gasteiger partial charge in [0.15, 0.2) is 9.84 Å². The van der Waals surface area contributed by atoms with Gasteiger partial charge in [0, 0.05) is 6.54 Å². The third-order valence-corrected chi connectivity index (χ3v) is 6.53. The van der Waals surface area contributed by atoms with Crippen LogP contribution >= 0.6 is 0 Å². The molecule has 2 aromatic rings. The number of hydrogen-bond donors (Lipinski definition) is 1. The summed E-state index contributed by atoms with van der Waals surface area (Å²) in [4.78, 5) is 13.1. The Kier molecular flexibility index (Phi) is 6.24. The first-order chi connectivity index (χ1) is 12.2. The van der Waals surface area contributed by atoms with Crippen LogP contribution in [0.1, 0.15) is 37.0 Å². The van der Waals surface area contributed by atoms with Crippen molar-refractivity contribution in [2.75, 3.05) is 12.3 Å². The number of benzene rings is 2. The fourth-order valence-electron chi connectivity index (χ4n) is 2.84. The van der Waals surface area contributed by atoms with Crippen LogP contribution in [0.4, 0.5) is 0 Å². The van der Waals surface area contributed by atoms with Crippen LogP contribution in [0, 0.1) is 13.8 Å². The van der Waals surface area contributed by atoms with Crippen LogP contribution in [0.25, 0.3) is 0 Å². The molecule has 0 bridgehead atoms. The van der Waals surface area contributed by atoms with E-state index in [9.17, 15) is 13.2 Å². The van der Waals surface area contributed by atoms with E-state index in [4.69, 9.17) is 0 Å². The molecule has 0 saturated heterocycles. The van der Waals surface area contributed by atoms with Gasteiger partial charge in [-0.25, -0.2) is 8.42 Å². The van der Waals surface area contributed by atoms with Crippen molar-refractivity contribution in [1.82, 2.24) is 5.32 Å². The Bertz CT molecular complexity index is 855. The normalized spacial score (nSPS) is 13.8. The van der Waals surface area contributed by atoms with Crippen LogP contribution < -0.4 is 5.32 Å². The maximum Gasteiger partial charge on any atom is 0.231 e. The molecule has 0 fully saturated rings. The molecule has 0 aliphatic rings. The van der Waals surface area contributed by atoms with Crippen molar-refractivity contribution >= 4 is 15.7 Å². The van der Waals surface area contributed by atoms with Gasteiger partial charge in [-0.2, -0.15) is 0 Å². The Morgan fingerprint density at radius 1 is 0.962 bits per heavy atom. The maximum absolute atomic E-state index is 13.0. The molecule has 4 nitrogen and oxygen atoms in total. The third-order valence-electron chi connectivity index (χ3n) is 4.58. The van der Waals surface area contributed by atoms with E-state index in [0.29, 0.717) is 12.1 Å². The lowest BCUT2D eigenvalue weighted by molar-refractivity contribution is -0.125. The number of rotatable bonds is 7. The van der Waals surface area contributed by atoms with Gasteiger partial charge in [0.2, 0.25) is 5.91 Å². The van der Waals surface area contributed by atoms with E-state index in [1.54, 1.807) is 31.2 Å². The average Bonchev–Trinajstić information content (AvgIpc) is 2.60. The summed E-state index contributed by atoms with van der Waals surface area (Å²) in [7, 11) is -3.62. The number of nitrogens with one attached hydrogen (secondary N) is 1. The highest BCUT2D eigenvalue weighted by molar-refractivity contribution is 7.91. The quantitative estimate of drug-likeness (QED) is 0.807. The van der Waals surface area contributed by atoms with E-state index < -0.39 is 15.3 Å². The van der Waals surface area contributed by atoms with E-state index in [0.717, 1.165) is 17.5 Å². The zero-order valence-electron chi connectivity index (χ0n) is 15.9. The summed E-state index contributed by atoms with van der Waals surface area (Å²) < 4.78 is 26.0. The van der Waals surface area contributed by atoms with Gasteiger partial charge in [-0.3, -0.25) is 4.79 Å². The summed E-state index contributed by atoms with van der Waals surface area (Å²) in [5.41, 5.74) is 1.59.